The molecule has 0 spiro atoms. The first-order valence-corrected chi connectivity index (χ1v) is 7.19. The summed E-state index contributed by atoms with van der Waals surface area (Å²) in [4.78, 5) is 4.37. The summed E-state index contributed by atoms with van der Waals surface area (Å²) in [6.07, 6.45) is 1.96. The molecule has 2 aromatic heterocycles. The number of fused-ring (bicyclic) bond motifs is 1. The first-order valence-electron chi connectivity index (χ1n) is 6.75. The summed E-state index contributed by atoms with van der Waals surface area (Å²) in [5, 5.41) is 4.04. The van der Waals surface area contributed by atoms with E-state index in [4.69, 9.17) is 11.6 Å². The van der Waals surface area contributed by atoms with Crippen molar-refractivity contribution >= 4 is 22.6 Å². The third-order valence-electron chi connectivity index (χ3n) is 3.56. The van der Waals surface area contributed by atoms with Crippen molar-refractivity contribution in [3.8, 4) is 0 Å². The highest BCUT2D eigenvalue weighted by atomic mass is 35.5. The summed E-state index contributed by atoms with van der Waals surface area (Å²) in [6, 6.07) is 4.96. The van der Waals surface area contributed by atoms with E-state index in [1.807, 2.05) is 37.7 Å². The minimum Gasteiger partial charge on any atom is -0.322 e. The van der Waals surface area contributed by atoms with Gasteiger partial charge in [-0.05, 0) is 26.0 Å². The lowest BCUT2D eigenvalue weighted by Gasteiger charge is -2.09. The molecule has 1 aromatic carbocycles. The van der Waals surface area contributed by atoms with Crippen LogP contribution >= 0.6 is 11.6 Å². The molecule has 3 rings (SSSR count). The average molecular weight is 307 g/mol. The van der Waals surface area contributed by atoms with Crippen molar-refractivity contribution in [3.63, 3.8) is 0 Å². The van der Waals surface area contributed by atoms with E-state index in [0.29, 0.717) is 17.9 Å². The molecule has 6 heteroatoms. The van der Waals surface area contributed by atoms with Crippen LogP contribution in [0.15, 0.2) is 24.4 Å². The number of halogens is 2. The Balaban J connectivity index is 2.18. The van der Waals surface area contributed by atoms with Gasteiger partial charge in [-0.3, -0.25) is 4.68 Å². The Labute approximate surface area is 127 Å². The minimum atomic E-state index is -0.326. The normalized spacial score (nSPS) is 13.0. The largest absolute Gasteiger partial charge is 0.322 e. The van der Waals surface area contributed by atoms with Crippen molar-refractivity contribution in [1.29, 1.82) is 0 Å². The first kappa shape index (κ1) is 14.1. The first-order chi connectivity index (χ1) is 9.97. The molecule has 0 saturated carbocycles. The lowest BCUT2D eigenvalue weighted by Crippen LogP contribution is -2.06. The molecule has 21 heavy (non-hydrogen) atoms. The molecule has 3 aromatic rings. The number of hydrogen-bond acceptors (Lipinski definition) is 2. The van der Waals surface area contributed by atoms with Crippen LogP contribution < -0.4 is 0 Å². The molecule has 0 bridgehead atoms. The van der Waals surface area contributed by atoms with Crippen LogP contribution in [0.5, 0.6) is 0 Å². The Kier molecular flexibility index (Phi) is 3.45. The molecule has 1 unspecified atom stereocenters. The molecule has 0 saturated heterocycles. The van der Waals surface area contributed by atoms with Crippen LogP contribution in [0.2, 0.25) is 0 Å². The van der Waals surface area contributed by atoms with Gasteiger partial charge < -0.3 is 4.57 Å². The van der Waals surface area contributed by atoms with E-state index in [-0.39, 0.29) is 11.2 Å². The Morgan fingerprint density at radius 3 is 2.76 bits per heavy atom. The van der Waals surface area contributed by atoms with Crippen LogP contribution in [-0.4, -0.2) is 19.3 Å². The molecule has 110 valence electrons. The quantitative estimate of drug-likeness (QED) is 0.694. The molecule has 2 heterocycles. The lowest BCUT2D eigenvalue weighted by molar-refractivity contribution is 0.637. The van der Waals surface area contributed by atoms with Crippen LogP contribution in [0.3, 0.4) is 0 Å². The van der Waals surface area contributed by atoms with Crippen molar-refractivity contribution in [2.45, 2.75) is 25.8 Å². The van der Waals surface area contributed by atoms with Gasteiger partial charge in [0.2, 0.25) is 0 Å². The van der Waals surface area contributed by atoms with Crippen molar-refractivity contribution < 1.29 is 4.39 Å². The number of alkyl halides is 1. The molecule has 1 atom stereocenters. The van der Waals surface area contributed by atoms with Gasteiger partial charge in [0.05, 0.1) is 23.1 Å². The second-order valence-electron chi connectivity index (χ2n) is 5.19. The van der Waals surface area contributed by atoms with Gasteiger partial charge in [0.25, 0.3) is 0 Å². The number of aryl methyl sites for hydroxylation is 2. The fourth-order valence-electron chi connectivity index (χ4n) is 2.57. The van der Waals surface area contributed by atoms with Gasteiger partial charge in [-0.1, -0.05) is 6.07 Å². The maximum atomic E-state index is 13.9. The van der Waals surface area contributed by atoms with Gasteiger partial charge in [0.1, 0.15) is 11.3 Å². The summed E-state index contributed by atoms with van der Waals surface area (Å²) in [5.41, 5.74) is 3.13. The van der Waals surface area contributed by atoms with Crippen LogP contribution in [0, 0.1) is 12.7 Å². The number of benzene rings is 1. The molecule has 0 N–H and O–H groups in total. The number of imidazole rings is 1. The highest BCUT2D eigenvalue weighted by molar-refractivity contribution is 6.20. The molecular formula is C15H16ClFN4. The summed E-state index contributed by atoms with van der Waals surface area (Å²) >= 11 is 6.22. The summed E-state index contributed by atoms with van der Waals surface area (Å²) in [7, 11) is 1.88. The molecule has 4 nitrogen and oxygen atoms in total. The van der Waals surface area contributed by atoms with Crippen molar-refractivity contribution in [2.24, 2.45) is 7.05 Å². The summed E-state index contributed by atoms with van der Waals surface area (Å²) in [6.45, 7) is 4.37. The highest BCUT2D eigenvalue weighted by Crippen LogP contribution is 2.27. The van der Waals surface area contributed by atoms with E-state index >= 15 is 0 Å². The van der Waals surface area contributed by atoms with Gasteiger partial charge in [0, 0.05) is 18.8 Å². The second kappa shape index (κ2) is 5.15. The van der Waals surface area contributed by atoms with Gasteiger partial charge in [-0.15, -0.1) is 11.6 Å². The van der Waals surface area contributed by atoms with Crippen molar-refractivity contribution in [3.05, 3.63) is 47.3 Å². The smallest absolute Gasteiger partial charge is 0.151 e. The third kappa shape index (κ3) is 2.42. The van der Waals surface area contributed by atoms with Gasteiger partial charge in [0.15, 0.2) is 5.82 Å². The van der Waals surface area contributed by atoms with E-state index in [1.54, 1.807) is 10.7 Å². The Hall–Kier alpha value is -1.88. The van der Waals surface area contributed by atoms with E-state index < -0.39 is 0 Å². The Morgan fingerprint density at radius 2 is 2.14 bits per heavy atom. The standard InChI is InChI=1S/C15H16ClFN4/c1-9(16)15-18-14-12(17)5-4-6-13(14)21(15)8-11-7-20(3)19-10(11)2/h4-7,9H,8H2,1-3H3. The zero-order valence-corrected chi connectivity index (χ0v) is 12.9. The van der Waals surface area contributed by atoms with E-state index in [2.05, 4.69) is 10.1 Å². The van der Waals surface area contributed by atoms with Crippen LogP contribution in [0.4, 0.5) is 4.39 Å². The zero-order valence-electron chi connectivity index (χ0n) is 12.1. The highest BCUT2D eigenvalue weighted by Gasteiger charge is 2.18. The number of aromatic nitrogens is 4. The zero-order chi connectivity index (χ0) is 15.1. The van der Waals surface area contributed by atoms with Crippen LogP contribution in [0.25, 0.3) is 11.0 Å². The molecule has 0 radical (unpaired) electrons. The predicted molar refractivity (Wildman–Crippen MR) is 81.0 cm³/mol. The average Bonchev–Trinajstić information content (AvgIpc) is 2.93. The van der Waals surface area contributed by atoms with E-state index in [1.165, 1.54) is 6.07 Å². The molecule has 0 aliphatic carbocycles. The topological polar surface area (TPSA) is 35.6 Å². The van der Waals surface area contributed by atoms with Gasteiger partial charge in [-0.2, -0.15) is 5.10 Å². The lowest BCUT2D eigenvalue weighted by atomic mass is 10.2. The number of hydrogen-bond donors (Lipinski definition) is 0. The summed E-state index contributed by atoms with van der Waals surface area (Å²) < 4.78 is 17.7. The fraction of sp³-hybridized carbons (Fsp3) is 0.333. The molecule has 0 aliphatic heterocycles. The van der Waals surface area contributed by atoms with Gasteiger partial charge >= 0.3 is 0 Å². The van der Waals surface area contributed by atoms with Crippen LogP contribution in [0.1, 0.15) is 29.4 Å². The molecule has 0 fully saturated rings. The number of para-hydroxylation sites is 1. The fourth-order valence-corrected chi connectivity index (χ4v) is 2.74. The Bertz CT molecular complexity index is 803. The predicted octanol–water partition coefficient (Wildman–Crippen LogP) is 3.57. The number of nitrogens with zero attached hydrogens (tertiary/aromatic N) is 4. The van der Waals surface area contributed by atoms with Crippen molar-refractivity contribution in [1.82, 2.24) is 19.3 Å². The number of rotatable bonds is 3. The van der Waals surface area contributed by atoms with E-state index in [9.17, 15) is 4.39 Å². The van der Waals surface area contributed by atoms with E-state index in [0.717, 1.165) is 16.8 Å². The van der Waals surface area contributed by atoms with Crippen molar-refractivity contribution in [2.75, 3.05) is 0 Å². The van der Waals surface area contributed by atoms with Gasteiger partial charge in [-0.25, -0.2) is 9.37 Å². The maximum Gasteiger partial charge on any atom is 0.151 e. The summed E-state index contributed by atoms with van der Waals surface area (Å²) in [5.74, 6) is 0.341. The molecule has 0 aliphatic rings. The second-order valence-corrected chi connectivity index (χ2v) is 5.85. The third-order valence-corrected chi connectivity index (χ3v) is 3.75. The maximum absolute atomic E-state index is 13.9. The monoisotopic (exact) mass is 306 g/mol. The Morgan fingerprint density at radius 1 is 1.38 bits per heavy atom. The molecular weight excluding hydrogens is 291 g/mol. The van der Waals surface area contributed by atoms with Crippen LogP contribution in [-0.2, 0) is 13.6 Å². The SMILES string of the molecule is Cc1nn(C)cc1Cn1c(C(C)Cl)nc2c(F)cccc21. The molecule has 0 amide bonds. The minimum absolute atomic E-state index is 0.297.